The Morgan fingerprint density at radius 2 is 1.39 bits per heavy atom. The van der Waals surface area contributed by atoms with Crippen molar-refractivity contribution in [2.45, 2.75) is 31.8 Å². The van der Waals surface area contributed by atoms with E-state index in [-0.39, 0.29) is 17.8 Å². The Bertz CT molecular complexity index is 1270. The van der Waals surface area contributed by atoms with Gasteiger partial charge in [-0.15, -0.1) is 0 Å². The summed E-state index contributed by atoms with van der Waals surface area (Å²) in [7, 11) is 0. The van der Waals surface area contributed by atoms with Gasteiger partial charge in [-0.2, -0.15) is 0 Å². The van der Waals surface area contributed by atoms with Gasteiger partial charge in [-0.3, -0.25) is 9.59 Å². The van der Waals surface area contributed by atoms with E-state index in [2.05, 4.69) is 10.6 Å². The third-order valence-corrected chi connectivity index (χ3v) is 6.95. The van der Waals surface area contributed by atoms with Crippen LogP contribution in [0, 0.1) is 0 Å². The minimum Gasteiger partial charge on any atom is -0.339 e. The molecule has 0 aliphatic carbocycles. The minimum atomic E-state index is -0.696. The molecule has 2 heterocycles. The molecule has 1 saturated heterocycles. The number of benzene rings is 3. The maximum Gasteiger partial charge on any atom is 0.322 e. The summed E-state index contributed by atoms with van der Waals surface area (Å²) >= 11 is 5.96. The summed E-state index contributed by atoms with van der Waals surface area (Å²) in [6, 6.07) is 20.5. The minimum absolute atomic E-state index is 0.0132. The molecule has 0 aromatic heterocycles. The van der Waals surface area contributed by atoms with Crippen LogP contribution in [0.5, 0.6) is 0 Å². The molecule has 4 amide bonds. The number of nitrogens with zero attached hydrogens (tertiary/aromatic N) is 2. The maximum atomic E-state index is 13.4. The van der Waals surface area contributed by atoms with Gasteiger partial charge in [0.2, 0.25) is 5.91 Å². The number of halogens is 1. The molecular weight excluding hydrogens is 476 g/mol. The van der Waals surface area contributed by atoms with Gasteiger partial charge in [-0.1, -0.05) is 35.9 Å². The molecule has 2 aliphatic heterocycles. The summed E-state index contributed by atoms with van der Waals surface area (Å²) in [6.45, 7) is 1.89. The third kappa shape index (κ3) is 5.21. The number of amides is 4. The quantitative estimate of drug-likeness (QED) is 0.516. The van der Waals surface area contributed by atoms with Crippen molar-refractivity contribution in [1.82, 2.24) is 9.80 Å². The smallest absolute Gasteiger partial charge is 0.322 e. The normalized spacial score (nSPS) is 16.9. The highest BCUT2D eigenvalue weighted by molar-refractivity contribution is 6.30. The van der Waals surface area contributed by atoms with Gasteiger partial charge >= 0.3 is 6.03 Å². The Labute approximate surface area is 215 Å². The molecule has 3 aromatic carbocycles. The SMILES string of the molecule is O=C(Nc1ccc(C(=O)N2CCCC2)cc1)C1Cc2ccccc2CN1C(=O)Nc1ccc(Cl)cc1. The lowest BCUT2D eigenvalue weighted by Crippen LogP contribution is -2.52. The van der Waals surface area contributed by atoms with Crippen LogP contribution in [-0.4, -0.2) is 46.8 Å². The van der Waals surface area contributed by atoms with E-state index in [4.69, 9.17) is 11.6 Å². The van der Waals surface area contributed by atoms with Gasteiger partial charge in [0.25, 0.3) is 5.91 Å². The molecule has 0 saturated carbocycles. The first-order valence-corrected chi connectivity index (χ1v) is 12.5. The average Bonchev–Trinajstić information content (AvgIpc) is 3.44. The molecule has 2 N–H and O–H groups in total. The fraction of sp³-hybridized carbons (Fsp3) is 0.250. The largest absolute Gasteiger partial charge is 0.339 e. The van der Waals surface area contributed by atoms with Gasteiger partial charge in [0.05, 0.1) is 0 Å². The van der Waals surface area contributed by atoms with Gasteiger partial charge < -0.3 is 20.4 Å². The van der Waals surface area contributed by atoms with E-state index in [0.29, 0.717) is 34.9 Å². The highest BCUT2D eigenvalue weighted by Gasteiger charge is 2.35. The molecule has 3 aromatic rings. The van der Waals surface area contributed by atoms with Crippen molar-refractivity contribution in [3.05, 3.63) is 94.5 Å². The Hall–Kier alpha value is -3.84. The first-order valence-electron chi connectivity index (χ1n) is 12.1. The number of fused-ring (bicyclic) bond motifs is 1. The maximum absolute atomic E-state index is 13.4. The van der Waals surface area contributed by atoms with E-state index < -0.39 is 6.04 Å². The monoisotopic (exact) mass is 502 g/mol. The molecule has 184 valence electrons. The van der Waals surface area contributed by atoms with E-state index in [1.54, 1.807) is 53.4 Å². The zero-order chi connectivity index (χ0) is 25.1. The van der Waals surface area contributed by atoms with Gasteiger partial charge in [-0.05, 0) is 72.5 Å². The topological polar surface area (TPSA) is 81.8 Å². The lowest BCUT2D eigenvalue weighted by atomic mass is 9.93. The summed E-state index contributed by atoms with van der Waals surface area (Å²) in [5, 5.41) is 6.38. The molecule has 1 fully saturated rings. The first kappa shape index (κ1) is 23.9. The zero-order valence-electron chi connectivity index (χ0n) is 19.7. The van der Waals surface area contributed by atoms with Crippen LogP contribution >= 0.6 is 11.6 Å². The Balaban J connectivity index is 1.32. The number of likely N-dealkylation sites (tertiary alicyclic amines) is 1. The molecule has 36 heavy (non-hydrogen) atoms. The molecule has 5 rings (SSSR count). The lowest BCUT2D eigenvalue weighted by Gasteiger charge is -2.36. The Morgan fingerprint density at radius 1 is 0.778 bits per heavy atom. The van der Waals surface area contributed by atoms with E-state index >= 15 is 0 Å². The molecule has 2 aliphatic rings. The number of hydrogen-bond donors (Lipinski definition) is 2. The lowest BCUT2D eigenvalue weighted by molar-refractivity contribution is -0.120. The second-order valence-electron chi connectivity index (χ2n) is 9.12. The van der Waals surface area contributed by atoms with Gasteiger partial charge in [-0.25, -0.2) is 4.79 Å². The second-order valence-corrected chi connectivity index (χ2v) is 9.56. The number of carbonyl (C=O) groups is 3. The fourth-order valence-electron chi connectivity index (χ4n) is 4.72. The predicted octanol–water partition coefficient (Wildman–Crippen LogP) is 5.17. The molecule has 7 nitrogen and oxygen atoms in total. The van der Waals surface area contributed by atoms with Crippen LogP contribution in [0.1, 0.15) is 34.3 Å². The standard InChI is InChI=1S/C28H27ClN4O3/c29-22-9-13-24(14-10-22)31-28(36)33-18-21-6-2-1-5-20(21)17-25(33)26(34)30-23-11-7-19(8-12-23)27(35)32-15-3-4-16-32/h1-2,5-14,25H,3-4,15-18H2,(H,30,34)(H,31,36). The van der Waals surface area contributed by atoms with Crippen molar-refractivity contribution in [1.29, 1.82) is 0 Å². The highest BCUT2D eigenvalue weighted by Crippen LogP contribution is 2.26. The summed E-state index contributed by atoms with van der Waals surface area (Å²) in [6.07, 6.45) is 2.47. The van der Waals surface area contributed by atoms with Gasteiger partial charge in [0.15, 0.2) is 0 Å². The number of urea groups is 1. The van der Waals surface area contributed by atoms with Crippen molar-refractivity contribution >= 4 is 40.8 Å². The number of carbonyl (C=O) groups excluding carboxylic acids is 3. The van der Waals surface area contributed by atoms with Crippen molar-refractivity contribution in [3.8, 4) is 0 Å². The van der Waals surface area contributed by atoms with E-state index in [9.17, 15) is 14.4 Å². The van der Waals surface area contributed by atoms with Crippen LogP contribution in [-0.2, 0) is 17.8 Å². The molecule has 1 unspecified atom stereocenters. The van der Waals surface area contributed by atoms with Crippen molar-refractivity contribution in [2.24, 2.45) is 0 Å². The van der Waals surface area contributed by atoms with Crippen molar-refractivity contribution < 1.29 is 14.4 Å². The summed E-state index contributed by atoms with van der Waals surface area (Å²) < 4.78 is 0. The molecule has 0 bridgehead atoms. The molecule has 0 radical (unpaired) electrons. The van der Waals surface area contributed by atoms with Crippen LogP contribution in [0.25, 0.3) is 0 Å². The third-order valence-electron chi connectivity index (χ3n) is 6.70. The average molecular weight is 503 g/mol. The van der Waals surface area contributed by atoms with Crippen LogP contribution in [0.3, 0.4) is 0 Å². The number of anilines is 2. The van der Waals surface area contributed by atoms with E-state index in [0.717, 1.165) is 37.1 Å². The van der Waals surface area contributed by atoms with Crippen LogP contribution < -0.4 is 10.6 Å². The zero-order valence-corrected chi connectivity index (χ0v) is 20.5. The number of hydrogen-bond acceptors (Lipinski definition) is 3. The molecule has 1 atom stereocenters. The van der Waals surface area contributed by atoms with Crippen molar-refractivity contribution in [3.63, 3.8) is 0 Å². The van der Waals surface area contributed by atoms with E-state index in [1.807, 2.05) is 29.2 Å². The van der Waals surface area contributed by atoms with Gasteiger partial charge in [0.1, 0.15) is 6.04 Å². The molecule has 8 heteroatoms. The van der Waals surface area contributed by atoms with Crippen LogP contribution in [0.15, 0.2) is 72.8 Å². The second kappa shape index (κ2) is 10.4. The molecular formula is C28H27ClN4O3. The van der Waals surface area contributed by atoms with Crippen molar-refractivity contribution in [2.75, 3.05) is 23.7 Å². The number of nitrogens with one attached hydrogen (secondary N) is 2. The highest BCUT2D eigenvalue weighted by atomic mass is 35.5. The first-order chi connectivity index (χ1) is 17.5. The summed E-state index contributed by atoms with van der Waals surface area (Å²) in [5.41, 5.74) is 3.83. The summed E-state index contributed by atoms with van der Waals surface area (Å²) in [5.74, 6) is -0.270. The van der Waals surface area contributed by atoms with Gasteiger partial charge in [0, 0.05) is 48.0 Å². The Morgan fingerprint density at radius 3 is 2.08 bits per heavy atom. The number of rotatable bonds is 4. The summed E-state index contributed by atoms with van der Waals surface area (Å²) in [4.78, 5) is 42.6. The van der Waals surface area contributed by atoms with Crippen LogP contribution in [0.4, 0.5) is 16.2 Å². The predicted molar refractivity (Wildman–Crippen MR) is 140 cm³/mol. The Kier molecular flexibility index (Phi) is 6.91. The molecule has 0 spiro atoms. The van der Waals surface area contributed by atoms with E-state index in [1.165, 1.54) is 0 Å². The van der Waals surface area contributed by atoms with Crippen LogP contribution in [0.2, 0.25) is 5.02 Å². The fourth-order valence-corrected chi connectivity index (χ4v) is 4.85.